The lowest BCUT2D eigenvalue weighted by atomic mass is 9.95. The van der Waals surface area contributed by atoms with E-state index in [1.165, 1.54) is 13.2 Å². The van der Waals surface area contributed by atoms with Crippen LogP contribution in [0.1, 0.15) is 68.0 Å². The molecule has 2 aromatic heterocycles. The molecule has 0 radical (unpaired) electrons. The summed E-state index contributed by atoms with van der Waals surface area (Å²) in [4.78, 5) is 33.6. The number of carbonyl (C=O) groups excluding carboxylic acids is 2. The van der Waals surface area contributed by atoms with Crippen LogP contribution in [0.3, 0.4) is 0 Å². The molecule has 0 atom stereocenters. The van der Waals surface area contributed by atoms with Crippen molar-refractivity contribution in [2.75, 3.05) is 24.5 Å². The van der Waals surface area contributed by atoms with Crippen molar-refractivity contribution in [1.29, 1.82) is 0 Å². The minimum absolute atomic E-state index is 0.0629. The van der Waals surface area contributed by atoms with Crippen LogP contribution in [0.25, 0.3) is 0 Å². The highest BCUT2D eigenvalue weighted by Gasteiger charge is 2.38. The topological polar surface area (TPSA) is 75.9 Å². The number of nitrogens with zero attached hydrogens (tertiary/aromatic N) is 3. The number of anilines is 1. The molecular formula is C25H33N3O4. The molecule has 2 fully saturated rings. The van der Waals surface area contributed by atoms with Gasteiger partial charge in [0, 0.05) is 38.8 Å². The zero-order valence-corrected chi connectivity index (χ0v) is 19.1. The molecule has 1 aliphatic carbocycles. The second kappa shape index (κ2) is 9.86. The van der Waals surface area contributed by atoms with Gasteiger partial charge in [0.1, 0.15) is 11.4 Å². The van der Waals surface area contributed by atoms with E-state index in [9.17, 15) is 9.59 Å². The number of aromatic nitrogens is 1. The first-order chi connectivity index (χ1) is 15.5. The highest BCUT2D eigenvalue weighted by molar-refractivity contribution is 6.04. The van der Waals surface area contributed by atoms with Crippen LogP contribution in [0.15, 0.2) is 41.1 Å². The predicted octanol–water partition coefficient (Wildman–Crippen LogP) is 4.36. The number of aryl methyl sites for hydroxylation is 1. The van der Waals surface area contributed by atoms with E-state index in [1.807, 2.05) is 19.1 Å². The summed E-state index contributed by atoms with van der Waals surface area (Å²) in [6, 6.07) is 7.39. The Morgan fingerprint density at radius 1 is 1.22 bits per heavy atom. The van der Waals surface area contributed by atoms with E-state index in [0.29, 0.717) is 11.6 Å². The number of hydrogen-bond donors (Lipinski definition) is 0. The Hall–Kier alpha value is -2.67. The summed E-state index contributed by atoms with van der Waals surface area (Å²) in [7, 11) is 0. The summed E-state index contributed by atoms with van der Waals surface area (Å²) < 4.78 is 11.2. The third-order valence-corrected chi connectivity index (χ3v) is 6.77. The van der Waals surface area contributed by atoms with Gasteiger partial charge >= 0.3 is 5.97 Å². The molecule has 7 nitrogen and oxygen atoms in total. The second-order valence-electron chi connectivity index (χ2n) is 9.15. The van der Waals surface area contributed by atoms with Crippen molar-refractivity contribution >= 4 is 17.7 Å². The Labute approximate surface area is 189 Å². The maximum atomic E-state index is 13.2. The molecule has 2 aromatic rings. The lowest BCUT2D eigenvalue weighted by Crippen LogP contribution is -2.49. The monoisotopic (exact) mass is 439 g/mol. The van der Waals surface area contributed by atoms with Crippen LogP contribution in [0.5, 0.6) is 0 Å². The summed E-state index contributed by atoms with van der Waals surface area (Å²) in [6.07, 6.45) is 10.1. The van der Waals surface area contributed by atoms with Gasteiger partial charge in [0.15, 0.2) is 5.76 Å². The van der Waals surface area contributed by atoms with Crippen molar-refractivity contribution in [2.45, 2.75) is 70.4 Å². The Morgan fingerprint density at radius 2 is 1.97 bits per heavy atom. The van der Waals surface area contributed by atoms with Crippen molar-refractivity contribution < 1.29 is 18.7 Å². The molecule has 1 saturated heterocycles. The number of furan rings is 1. The number of piperidine rings is 1. The summed E-state index contributed by atoms with van der Waals surface area (Å²) >= 11 is 0. The van der Waals surface area contributed by atoms with Crippen LogP contribution < -0.4 is 4.90 Å². The Morgan fingerprint density at radius 3 is 2.56 bits per heavy atom. The van der Waals surface area contributed by atoms with Crippen molar-refractivity contribution in [2.24, 2.45) is 0 Å². The molecule has 32 heavy (non-hydrogen) atoms. The molecule has 0 unspecified atom stereocenters. The normalized spacial score (nSPS) is 19.1. The number of likely N-dealkylation sites (tertiary alicyclic amines) is 1. The molecule has 1 amide bonds. The fourth-order valence-corrected chi connectivity index (χ4v) is 5.07. The third-order valence-electron chi connectivity index (χ3n) is 6.77. The molecule has 4 rings (SSSR count). The minimum Gasteiger partial charge on any atom is -0.459 e. The fraction of sp³-hybridized carbons (Fsp3) is 0.560. The first-order valence-corrected chi connectivity index (χ1v) is 11.7. The smallest absolute Gasteiger partial charge is 0.303 e. The van der Waals surface area contributed by atoms with E-state index in [2.05, 4.69) is 9.88 Å². The van der Waals surface area contributed by atoms with Crippen LogP contribution in [-0.2, 0) is 9.53 Å². The standard InChI is InChI=1S/C25H33N3O4/c1-19-7-8-23(26-18-19)28(24(30)22-6-5-17-31-22)21-9-14-27(15-10-21)16-13-25(32-20(2)29)11-3-4-12-25/h5-8,17-18,21H,3-4,9-16H2,1-2H3. The quantitative estimate of drug-likeness (QED) is 0.597. The average molecular weight is 440 g/mol. The molecule has 2 aliphatic rings. The Balaban J connectivity index is 1.40. The lowest BCUT2D eigenvalue weighted by Gasteiger charge is -2.39. The molecule has 0 bridgehead atoms. The Bertz CT molecular complexity index is 896. The van der Waals surface area contributed by atoms with Crippen LogP contribution in [-0.4, -0.2) is 53.0 Å². The highest BCUT2D eigenvalue weighted by Crippen LogP contribution is 2.37. The second-order valence-corrected chi connectivity index (χ2v) is 9.15. The van der Waals surface area contributed by atoms with E-state index in [1.54, 1.807) is 23.2 Å². The van der Waals surface area contributed by atoms with E-state index in [4.69, 9.17) is 9.15 Å². The van der Waals surface area contributed by atoms with Gasteiger partial charge in [-0.05, 0) is 75.6 Å². The zero-order chi connectivity index (χ0) is 22.6. The number of rotatable bonds is 7. The van der Waals surface area contributed by atoms with Gasteiger partial charge in [0.05, 0.1) is 6.26 Å². The largest absolute Gasteiger partial charge is 0.459 e. The van der Waals surface area contributed by atoms with Gasteiger partial charge in [-0.3, -0.25) is 14.5 Å². The van der Waals surface area contributed by atoms with Gasteiger partial charge in [0.2, 0.25) is 0 Å². The lowest BCUT2D eigenvalue weighted by molar-refractivity contribution is -0.157. The molecule has 172 valence electrons. The fourth-order valence-electron chi connectivity index (χ4n) is 5.07. The highest BCUT2D eigenvalue weighted by atomic mass is 16.6. The number of ether oxygens (including phenoxy) is 1. The first-order valence-electron chi connectivity index (χ1n) is 11.7. The molecule has 1 saturated carbocycles. The van der Waals surface area contributed by atoms with Crippen LogP contribution >= 0.6 is 0 Å². The Kier molecular flexibility index (Phi) is 6.94. The molecule has 3 heterocycles. The van der Waals surface area contributed by atoms with Crippen LogP contribution in [0.4, 0.5) is 5.82 Å². The van der Waals surface area contributed by atoms with Gasteiger partial charge in [-0.25, -0.2) is 4.98 Å². The van der Waals surface area contributed by atoms with Crippen molar-refractivity contribution in [1.82, 2.24) is 9.88 Å². The number of hydrogen-bond acceptors (Lipinski definition) is 6. The summed E-state index contributed by atoms with van der Waals surface area (Å²) in [5.41, 5.74) is 0.776. The SMILES string of the molecule is CC(=O)OC1(CCN2CCC(N(C(=O)c3ccco3)c3ccc(C)cn3)CC2)CCCC1. The molecule has 1 aliphatic heterocycles. The number of carbonyl (C=O) groups is 2. The van der Waals surface area contributed by atoms with Gasteiger partial charge in [-0.2, -0.15) is 0 Å². The molecular weight excluding hydrogens is 406 g/mol. The number of pyridine rings is 1. The maximum Gasteiger partial charge on any atom is 0.303 e. The van der Waals surface area contributed by atoms with Gasteiger partial charge in [-0.15, -0.1) is 0 Å². The number of amides is 1. The summed E-state index contributed by atoms with van der Waals surface area (Å²) in [5, 5.41) is 0. The van der Waals surface area contributed by atoms with Crippen molar-refractivity contribution in [3.05, 3.63) is 48.0 Å². The maximum absolute atomic E-state index is 13.2. The van der Waals surface area contributed by atoms with E-state index in [-0.39, 0.29) is 23.5 Å². The van der Waals surface area contributed by atoms with E-state index >= 15 is 0 Å². The van der Waals surface area contributed by atoms with Crippen molar-refractivity contribution in [3.8, 4) is 0 Å². The summed E-state index contributed by atoms with van der Waals surface area (Å²) in [6.45, 7) is 6.20. The number of esters is 1. The zero-order valence-electron chi connectivity index (χ0n) is 19.1. The molecule has 7 heteroatoms. The predicted molar refractivity (Wildman–Crippen MR) is 122 cm³/mol. The first kappa shape index (κ1) is 22.5. The average Bonchev–Trinajstić information content (AvgIpc) is 3.47. The third kappa shape index (κ3) is 5.21. The van der Waals surface area contributed by atoms with E-state index in [0.717, 1.165) is 70.1 Å². The van der Waals surface area contributed by atoms with E-state index < -0.39 is 0 Å². The van der Waals surface area contributed by atoms with Crippen LogP contribution in [0, 0.1) is 6.92 Å². The molecule has 0 N–H and O–H groups in total. The van der Waals surface area contributed by atoms with Gasteiger partial charge < -0.3 is 14.1 Å². The van der Waals surface area contributed by atoms with Gasteiger partial charge in [-0.1, -0.05) is 6.07 Å². The minimum atomic E-state index is -0.282. The molecule has 0 spiro atoms. The van der Waals surface area contributed by atoms with Gasteiger partial charge in [0.25, 0.3) is 5.91 Å². The summed E-state index contributed by atoms with van der Waals surface area (Å²) in [5.74, 6) is 0.669. The van der Waals surface area contributed by atoms with Crippen LogP contribution in [0.2, 0.25) is 0 Å². The van der Waals surface area contributed by atoms with Crippen molar-refractivity contribution in [3.63, 3.8) is 0 Å². The molecule has 0 aromatic carbocycles.